The molecule has 0 fully saturated rings. The Morgan fingerprint density at radius 2 is 2.00 bits per heavy atom. The predicted octanol–water partition coefficient (Wildman–Crippen LogP) is 1.52. The minimum atomic E-state index is -1.09. The molecule has 0 saturated carbocycles. The molecule has 1 aromatic rings. The van der Waals surface area contributed by atoms with E-state index in [0.29, 0.717) is 10.8 Å². The number of hydrogen-bond donors (Lipinski definition) is 2. The van der Waals surface area contributed by atoms with Crippen LogP contribution in [0.5, 0.6) is 5.75 Å². The maximum Gasteiger partial charge on any atom is 0.324 e. The molecule has 0 heterocycles. The molecule has 0 radical (unpaired) electrons. The maximum absolute atomic E-state index is 10.6. The summed E-state index contributed by atoms with van der Waals surface area (Å²) in [6.07, 6.45) is -0.594. The molecule has 0 saturated heterocycles. The Bertz CT molecular complexity index is 339. The van der Waals surface area contributed by atoms with Crippen LogP contribution >= 0.6 is 11.6 Å². The van der Waals surface area contributed by atoms with Gasteiger partial charge in [-0.3, -0.25) is 4.79 Å². The minimum absolute atomic E-state index is 0.545. The number of carboxylic acid groups (broad SMARTS) is 1. The van der Waals surface area contributed by atoms with Gasteiger partial charge in [0.1, 0.15) is 17.9 Å². The third kappa shape index (κ3) is 3.42. The molecule has 2 atom stereocenters. The summed E-state index contributed by atoms with van der Waals surface area (Å²) in [6.45, 7) is 1.60. The van der Waals surface area contributed by atoms with Crippen molar-refractivity contribution in [2.24, 2.45) is 5.73 Å². The quantitative estimate of drug-likeness (QED) is 0.821. The van der Waals surface area contributed by atoms with Crippen LogP contribution in [0.25, 0.3) is 0 Å². The molecule has 0 aromatic heterocycles. The number of ether oxygens (including phenoxy) is 1. The molecule has 0 aliphatic rings. The summed E-state index contributed by atoms with van der Waals surface area (Å²) in [5.74, 6) is -0.542. The fourth-order valence-corrected chi connectivity index (χ4v) is 1.13. The summed E-state index contributed by atoms with van der Waals surface area (Å²) in [5.41, 5.74) is 5.39. The van der Waals surface area contributed by atoms with E-state index in [1.54, 1.807) is 31.2 Å². The van der Waals surface area contributed by atoms with Gasteiger partial charge in [-0.25, -0.2) is 0 Å². The summed E-state index contributed by atoms with van der Waals surface area (Å²) in [6, 6.07) is 5.60. The molecule has 5 heteroatoms. The van der Waals surface area contributed by atoms with Crippen LogP contribution < -0.4 is 10.5 Å². The number of rotatable bonds is 4. The van der Waals surface area contributed by atoms with Gasteiger partial charge in [0.25, 0.3) is 0 Å². The molecule has 1 aromatic carbocycles. The van der Waals surface area contributed by atoms with Gasteiger partial charge >= 0.3 is 5.97 Å². The number of nitrogens with two attached hydrogens (primary N) is 1. The molecule has 0 spiro atoms. The molecule has 4 nitrogen and oxygen atoms in total. The van der Waals surface area contributed by atoms with E-state index >= 15 is 0 Å². The Kier molecular flexibility index (Phi) is 3.94. The molecule has 15 heavy (non-hydrogen) atoms. The highest BCUT2D eigenvalue weighted by Crippen LogP contribution is 2.17. The van der Waals surface area contributed by atoms with Crippen LogP contribution in [0.15, 0.2) is 24.3 Å². The number of hydrogen-bond acceptors (Lipinski definition) is 3. The van der Waals surface area contributed by atoms with Crippen molar-refractivity contribution < 1.29 is 14.6 Å². The highest BCUT2D eigenvalue weighted by Gasteiger charge is 2.21. The summed E-state index contributed by atoms with van der Waals surface area (Å²) < 4.78 is 5.33. The lowest BCUT2D eigenvalue weighted by Crippen LogP contribution is -2.43. The summed E-state index contributed by atoms with van der Waals surface area (Å²) in [7, 11) is 0. The van der Waals surface area contributed by atoms with Gasteiger partial charge in [0.05, 0.1) is 0 Å². The number of halogens is 1. The topological polar surface area (TPSA) is 72.5 Å². The third-order valence-corrected chi connectivity index (χ3v) is 2.18. The molecule has 1 rings (SSSR count). The van der Waals surface area contributed by atoms with E-state index in [1.807, 2.05) is 0 Å². The van der Waals surface area contributed by atoms with E-state index in [4.69, 9.17) is 27.2 Å². The second-order valence-electron chi connectivity index (χ2n) is 3.14. The molecule has 0 unspecified atom stereocenters. The van der Waals surface area contributed by atoms with E-state index in [9.17, 15) is 4.79 Å². The second kappa shape index (κ2) is 5.00. The minimum Gasteiger partial charge on any atom is -0.488 e. The van der Waals surface area contributed by atoms with Crippen LogP contribution in [-0.4, -0.2) is 23.2 Å². The first-order valence-corrected chi connectivity index (χ1v) is 4.79. The lowest BCUT2D eigenvalue weighted by Gasteiger charge is -2.17. The number of carbonyl (C=O) groups is 1. The summed E-state index contributed by atoms with van der Waals surface area (Å²) in [4.78, 5) is 10.6. The van der Waals surface area contributed by atoms with Crippen molar-refractivity contribution in [1.82, 2.24) is 0 Å². The van der Waals surface area contributed by atoms with Gasteiger partial charge in [-0.2, -0.15) is 0 Å². The smallest absolute Gasteiger partial charge is 0.324 e. The number of carboxylic acids is 1. The Morgan fingerprint density at radius 1 is 1.47 bits per heavy atom. The van der Waals surface area contributed by atoms with Crippen LogP contribution in [-0.2, 0) is 4.79 Å². The fraction of sp³-hybridized carbons (Fsp3) is 0.300. The van der Waals surface area contributed by atoms with Gasteiger partial charge in [-0.05, 0) is 31.2 Å². The number of aliphatic carboxylic acids is 1. The van der Waals surface area contributed by atoms with Gasteiger partial charge in [0.15, 0.2) is 0 Å². The fourth-order valence-electron chi connectivity index (χ4n) is 1.00. The average molecular weight is 230 g/mol. The molecule has 82 valence electrons. The predicted molar refractivity (Wildman–Crippen MR) is 57.2 cm³/mol. The van der Waals surface area contributed by atoms with Crippen LogP contribution in [0.2, 0.25) is 5.02 Å². The average Bonchev–Trinajstić information content (AvgIpc) is 2.20. The molecule has 0 aliphatic carbocycles. The van der Waals surface area contributed by atoms with Gasteiger partial charge < -0.3 is 15.6 Å². The summed E-state index contributed by atoms with van der Waals surface area (Å²) in [5, 5.41) is 9.24. The normalized spacial score (nSPS) is 14.3. The van der Waals surface area contributed by atoms with Crippen LogP contribution in [0.3, 0.4) is 0 Å². The molecule has 0 aliphatic heterocycles. The number of benzene rings is 1. The van der Waals surface area contributed by atoms with E-state index in [2.05, 4.69) is 0 Å². The zero-order valence-corrected chi connectivity index (χ0v) is 8.94. The SMILES string of the molecule is C[C@@H](Oc1ccc(Cl)cc1)[C@H](N)C(=O)O. The zero-order chi connectivity index (χ0) is 11.4. The highest BCUT2D eigenvalue weighted by atomic mass is 35.5. The van der Waals surface area contributed by atoms with Gasteiger partial charge in [0, 0.05) is 5.02 Å². The molecular weight excluding hydrogens is 218 g/mol. The van der Waals surface area contributed by atoms with Crippen LogP contribution in [0.1, 0.15) is 6.92 Å². The molecular formula is C10H12ClNO3. The zero-order valence-electron chi connectivity index (χ0n) is 8.18. The van der Waals surface area contributed by atoms with Crippen molar-refractivity contribution in [2.75, 3.05) is 0 Å². The lowest BCUT2D eigenvalue weighted by molar-refractivity contribution is -0.140. The van der Waals surface area contributed by atoms with Gasteiger partial charge in [-0.15, -0.1) is 0 Å². The highest BCUT2D eigenvalue weighted by molar-refractivity contribution is 6.30. The van der Waals surface area contributed by atoms with E-state index in [-0.39, 0.29) is 0 Å². The van der Waals surface area contributed by atoms with E-state index in [1.165, 1.54) is 0 Å². The third-order valence-electron chi connectivity index (χ3n) is 1.93. The van der Waals surface area contributed by atoms with Crippen molar-refractivity contribution in [3.05, 3.63) is 29.3 Å². The van der Waals surface area contributed by atoms with Crippen molar-refractivity contribution in [2.45, 2.75) is 19.1 Å². The van der Waals surface area contributed by atoms with Crippen molar-refractivity contribution in [3.63, 3.8) is 0 Å². The largest absolute Gasteiger partial charge is 0.488 e. The lowest BCUT2D eigenvalue weighted by atomic mass is 10.2. The van der Waals surface area contributed by atoms with Crippen molar-refractivity contribution >= 4 is 17.6 Å². The molecule has 3 N–H and O–H groups in total. The van der Waals surface area contributed by atoms with Crippen LogP contribution in [0.4, 0.5) is 0 Å². The summed E-state index contributed by atoms with van der Waals surface area (Å²) >= 11 is 5.69. The molecule has 0 bridgehead atoms. The van der Waals surface area contributed by atoms with E-state index < -0.39 is 18.1 Å². The van der Waals surface area contributed by atoms with E-state index in [0.717, 1.165) is 0 Å². The molecule has 0 amide bonds. The second-order valence-corrected chi connectivity index (χ2v) is 3.58. The Balaban J connectivity index is 2.62. The Hall–Kier alpha value is -1.26. The van der Waals surface area contributed by atoms with Gasteiger partial charge in [0.2, 0.25) is 0 Å². The standard InChI is InChI=1S/C10H12ClNO3/c1-6(9(12)10(13)14)15-8-4-2-7(11)3-5-8/h2-6,9H,12H2,1H3,(H,13,14)/t6-,9+/m1/s1. The first kappa shape index (κ1) is 11.8. The van der Waals surface area contributed by atoms with Crippen molar-refractivity contribution in [3.8, 4) is 5.75 Å². The first-order chi connectivity index (χ1) is 7.00. The first-order valence-electron chi connectivity index (χ1n) is 4.41. The van der Waals surface area contributed by atoms with Gasteiger partial charge in [-0.1, -0.05) is 11.6 Å². The van der Waals surface area contributed by atoms with Crippen LogP contribution in [0, 0.1) is 0 Å². The maximum atomic E-state index is 10.6. The van der Waals surface area contributed by atoms with Crippen molar-refractivity contribution in [1.29, 1.82) is 0 Å². The monoisotopic (exact) mass is 229 g/mol. The Morgan fingerprint density at radius 3 is 2.47 bits per heavy atom. The Labute approximate surface area is 92.6 Å².